The molecular formula is C13H15N3O3. The third kappa shape index (κ3) is 2.34. The van der Waals surface area contributed by atoms with Crippen molar-refractivity contribution in [1.82, 2.24) is 9.55 Å². The molecule has 1 heterocycles. The topological polar surface area (TPSA) is 81.2 Å². The Hall–Kier alpha value is -2.21. The molecule has 1 aromatic heterocycles. The molecule has 0 amide bonds. The number of hydrogen-bond acceptors (Lipinski definition) is 4. The Morgan fingerprint density at radius 2 is 2.11 bits per heavy atom. The second-order valence-corrected chi connectivity index (χ2v) is 4.47. The van der Waals surface area contributed by atoms with Crippen molar-refractivity contribution in [2.24, 2.45) is 0 Å². The first-order valence-corrected chi connectivity index (χ1v) is 5.89. The predicted molar refractivity (Wildman–Crippen MR) is 70.3 cm³/mol. The number of aliphatic hydroxyl groups excluding tert-OH is 1. The van der Waals surface area contributed by atoms with Crippen LogP contribution in [0, 0.1) is 24.0 Å². The molecule has 100 valence electrons. The summed E-state index contributed by atoms with van der Waals surface area (Å²) in [5.74, 6) is 0. The highest BCUT2D eigenvalue weighted by Crippen LogP contribution is 2.28. The molecule has 1 N–H and O–H groups in total. The van der Waals surface area contributed by atoms with Gasteiger partial charge < -0.3 is 5.11 Å². The largest absolute Gasteiger partial charge is 0.389 e. The standard InChI is InChI=1S/C13H15N3O3/c1-8-9(2)15(7-14-8)12-5-4-11(10(3)17)6-13(12)16(18)19/h4-7,10,17H,1-3H3. The molecule has 0 radical (unpaired) electrons. The van der Waals surface area contributed by atoms with E-state index < -0.39 is 11.0 Å². The second kappa shape index (κ2) is 4.81. The smallest absolute Gasteiger partial charge is 0.293 e. The average Bonchev–Trinajstić information content (AvgIpc) is 2.69. The molecule has 2 aromatic rings. The van der Waals surface area contributed by atoms with E-state index in [1.807, 2.05) is 13.8 Å². The molecule has 0 saturated heterocycles. The van der Waals surface area contributed by atoms with Gasteiger partial charge in [0.1, 0.15) is 5.69 Å². The quantitative estimate of drug-likeness (QED) is 0.679. The number of nitrogens with zero attached hydrogens (tertiary/aromatic N) is 3. The first kappa shape index (κ1) is 13.2. The fraction of sp³-hybridized carbons (Fsp3) is 0.308. The second-order valence-electron chi connectivity index (χ2n) is 4.47. The molecule has 0 aliphatic rings. The van der Waals surface area contributed by atoms with Crippen molar-refractivity contribution in [1.29, 1.82) is 0 Å². The Kier molecular flexibility index (Phi) is 3.35. The molecule has 1 aromatic carbocycles. The monoisotopic (exact) mass is 261 g/mol. The Morgan fingerprint density at radius 1 is 1.42 bits per heavy atom. The Balaban J connectivity index is 2.63. The van der Waals surface area contributed by atoms with E-state index in [9.17, 15) is 15.2 Å². The van der Waals surface area contributed by atoms with Gasteiger partial charge >= 0.3 is 0 Å². The molecule has 1 unspecified atom stereocenters. The van der Waals surface area contributed by atoms with Gasteiger partial charge in [0.2, 0.25) is 0 Å². The molecule has 1 atom stereocenters. The fourth-order valence-electron chi connectivity index (χ4n) is 1.89. The van der Waals surface area contributed by atoms with Crippen LogP contribution in [0.4, 0.5) is 5.69 Å². The molecule has 0 spiro atoms. The normalized spacial score (nSPS) is 12.4. The molecule has 0 aliphatic carbocycles. The van der Waals surface area contributed by atoms with Crippen molar-refractivity contribution < 1.29 is 10.0 Å². The summed E-state index contributed by atoms with van der Waals surface area (Å²) in [5, 5.41) is 20.7. The lowest BCUT2D eigenvalue weighted by molar-refractivity contribution is -0.384. The van der Waals surface area contributed by atoms with Gasteiger partial charge in [-0.2, -0.15) is 0 Å². The van der Waals surface area contributed by atoms with Gasteiger partial charge in [0.05, 0.1) is 23.0 Å². The molecule has 0 fully saturated rings. The zero-order valence-electron chi connectivity index (χ0n) is 11.0. The van der Waals surface area contributed by atoms with E-state index in [1.54, 1.807) is 30.0 Å². The summed E-state index contributed by atoms with van der Waals surface area (Å²) in [7, 11) is 0. The summed E-state index contributed by atoms with van der Waals surface area (Å²) < 4.78 is 1.68. The van der Waals surface area contributed by atoms with Crippen LogP contribution in [0.2, 0.25) is 0 Å². The Labute approximate surface area is 110 Å². The summed E-state index contributed by atoms with van der Waals surface area (Å²) in [5.41, 5.74) is 2.61. The molecule has 19 heavy (non-hydrogen) atoms. The van der Waals surface area contributed by atoms with Gasteiger partial charge in [-0.25, -0.2) is 4.98 Å². The van der Waals surface area contributed by atoms with E-state index in [4.69, 9.17) is 0 Å². The van der Waals surface area contributed by atoms with E-state index in [0.29, 0.717) is 11.3 Å². The minimum Gasteiger partial charge on any atom is -0.389 e. The highest BCUT2D eigenvalue weighted by atomic mass is 16.6. The summed E-state index contributed by atoms with van der Waals surface area (Å²) in [4.78, 5) is 14.9. The molecule has 0 aliphatic heterocycles. The van der Waals surface area contributed by atoms with Crippen molar-refractivity contribution in [3.63, 3.8) is 0 Å². The lowest BCUT2D eigenvalue weighted by atomic mass is 10.1. The van der Waals surface area contributed by atoms with Crippen molar-refractivity contribution in [2.45, 2.75) is 26.9 Å². The maximum absolute atomic E-state index is 11.2. The van der Waals surface area contributed by atoms with Crippen LogP contribution in [-0.4, -0.2) is 19.6 Å². The molecule has 0 saturated carbocycles. The zero-order valence-corrected chi connectivity index (χ0v) is 11.0. The summed E-state index contributed by atoms with van der Waals surface area (Å²) in [6.07, 6.45) is 0.827. The number of aromatic nitrogens is 2. The maximum atomic E-state index is 11.2. The van der Waals surface area contributed by atoms with E-state index in [2.05, 4.69) is 4.98 Å². The number of aryl methyl sites for hydroxylation is 1. The van der Waals surface area contributed by atoms with Crippen LogP contribution in [0.15, 0.2) is 24.5 Å². The number of rotatable bonds is 3. The predicted octanol–water partition coefficient (Wildman–Crippen LogP) is 2.45. The average molecular weight is 261 g/mol. The third-order valence-corrected chi connectivity index (χ3v) is 3.19. The third-order valence-electron chi connectivity index (χ3n) is 3.19. The highest BCUT2D eigenvalue weighted by molar-refractivity contribution is 5.55. The van der Waals surface area contributed by atoms with Crippen molar-refractivity contribution in [3.05, 3.63) is 51.6 Å². The number of hydrogen-bond donors (Lipinski definition) is 1. The van der Waals surface area contributed by atoms with Crippen LogP contribution in [0.5, 0.6) is 0 Å². The van der Waals surface area contributed by atoms with Gasteiger partial charge in [-0.15, -0.1) is 0 Å². The van der Waals surface area contributed by atoms with Crippen LogP contribution in [0.25, 0.3) is 5.69 Å². The number of imidazole rings is 1. The van der Waals surface area contributed by atoms with Crippen molar-refractivity contribution in [2.75, 3.05) is 0 Å². The van der Waals surface area contributed by atoms with E-state index in [1.165, 1.54) is 6.07 Å². The van der Waals surface area contributed by atoms with Gasteiger partial charge in [-0.1, -0.05) is 6.07 Å². The first-order valence-electron chi connectivity index (χ1n) is 5.89. The molecule has 0 bridgehead atoms. The van der Waals surface area contributed by atoms with Crippen LogP contribution in [0.1, 0.15) is 30.0 Å². The van der Waals surface area contributed by atoms with Crippen LogP contribution in [0.3, 0.4) is 0 Å². The van der Waals surface area contributed by atoms with Gasteiger partial charge in [-0.3, -0.25) is 14.7 Å². The lowest BCUT2D eigenvalue weighted by Gasteiger charge is -2.09. The maximum Gasteiger partial charge on any atom is 0.293 e. The highest BCUT2D eigenvalue weighted by Gasteiger charge is 2.19. The van der Waals surface area contributed by atoms with Gasteiger partial charge in [0, 0.05) is 11.8 Å². The molecule has 6 nitrogen and oxygen atoms in total. The molecule has 2 rings (SSSR count). The van der Waals surface area contributed by atoms with Gasteiger partial charge in [-0.05, 0) is 32.4 Å². The van der Waals surface area contributed by atoms with Gasteiger partial charge in [0.25, 0.3) is 5.69 Å². The number of nitro groups is 1. The van der Waals surface area contributed by atoms with Crippen LogP contribution < -0.4 is 0 Å². The minimum absolute atomic E-state index is 0.0427. The van der Waals surface area contributed by atoms with Crippen molar-refractivity contribution >= 4 is 5.69 Å². The van der Waals surface area contributed by atoms with Crippen molar-refractivity contribution in [3.8, 4) is 5.69 Å². The summed E-state index contributed by atoms with van der Waals surface area (Å²) in [6, 6.07) is 4.71. The molecule has 6 heteroatoms. The number of aliphatic hydroxyl groups is 1. The minimum atomic E-state index is -0.738. The van der Waals surface area contributed by atoms with Gasteiger partial charge in [0.15, 0.2) is 0 Å². The first-order chi connectivity index (χ1) is 8.91. The van der Waals surface area contributed by atoms with Crippen LogP contribution >= 0.6 is 0 Å². The lowest BCUT2D eigenvalue weighted by Crippen LogP contribution is -2.03. The number of benzene rings is 1. The summed E-state index contributed by atoms with van der Waals surface area (Å²) >= 11 is 0. The molecular weight excluding hydrogens is 246 g/mol. The van der Waals surface area contributed by atoms with Crippen LogP contribution in [-0.2, 0) is 0 Å². The zero-order chi connectivity index (χ0) is 14.2. The van der Waals surface area contributed by atoms with E-state index in [0.717, 1.165) is 11.4 Å². The Morgan fingerprint density at radius 3 is 2.58 bits per heavy atom. The SMILES string of the molecule is Cc1ncn(-c2ccc(C(C)O)cc2[N+](=O)[O-])c1C. The Bertz CT molecular complexity index is 632. The van der Waals surface area contributed by atoms with E-state index in [-0.39, 0.29) is 5.69 Å². The summed E-state index contributed by atoms with van der Waals surface area (Å²) in [6.45, 7) is 5.28. The fourth-order valence-corrected chi connectivity index (χ4v) is 1.89. The number of nitro benzene ring substituents is 1. The van der Waals surface area contributed by atoms with E-state index >= 15 is 0 Å².